The molecule has 3 nitrogen and oxygen atoms in total. The highest BCUT2D eigenvalue weighted by molar-refractivity contribution is 6.07. The lowest BCUT2D eigenvalue weighted by Gasteiger charge is -1.98. The lowest BCUT2D eigenvalue weighted by atomic mass is 10.2. The van der Waals surface area contributed by atoms with Crippen LogP contribution in [-0.4, -0.2) is 18.0 Å². The van der Waals surface area contributed by atoms with Crippen LogP contribution >= 0.6 is 0 Å². The molecule has 0 fully saturated rings. The summed E-state index contributed by atoms with van der Waals surface area (Å²) < 4.78 is 5.92. The summed E-state index contributed by atoms with van der Waals surface area (Å²) in [6.07, 6.45) is 8.16. The molecule has 0 aromatic carbocycles. The molecule has 0 aliphatic rings. The number of furan rings is 1. The van der Waals surface area contributed by atoms with Gasteiger partial charge < -0.3 is 4.42 Å². The summed E-state index contributed by atoms with van der Waals surface area (Å²) in [7, 11) is 0. The number of hydrogen-bond donors (Lipinski definition) is 0. The molecule has 0 unspecified atom stereocenters. The van der Waals surface area contributed by atoms with Crippen molar-refractivity contribution < 1.29 is 4.42 Å². The van der Waals surface area contributed by atoms with Gasteiger partial charge in [0.1, 0.15) is 11.4 Å². The van der Waals surface area contributed by atoms with Crippen molar-refractivity contribution in [2.45, 2.75) is 27.2 Å². The third kappa shape index (κ3) is 4.85. The second kappa shape index (κ2) is 8.78. The fraction of sp³-hybridized carbons (Fsp3) is 0.263. The van der Waals surface area contributed by atoms with Gasteiger partial charge in [-0.15, -0.1) is 13.2 Å². The van der Waals surface area contributed by atoms with E-state index in [2.05, 4.69) is 29.7 Å². The van der Waals surface area contributed by atoms with E-state index in [1.54, 1.807) is 6.08 Å². The topological polar surface area (TPSA) is 37.9 Å². The standard InChI is InChI=1S/C19H24N2O/c1-7-10-15(6)21-17-13-18(22-19(17)14(4)5)16(11-8-2)20-12-9-3/h7-9,11,13H,1,3-4,10,12H2,2,5-6H3/b11-8-,20-16+,21-15-. The van der Waals surface area contributed by atoms with E-state index in [1.165, 1.54) is 0 Å². The van der Waals surface area contributed by atoms with Crippen molar-refractivity contribution >= 4 is 22.7 Å². The maximum Gasteiger partial charge on any atom is 0.155 e. The Morgan fingerprint density at radius 2 is 2.00 bits per heavy atom. The summed E-state index contributed by atoms with van der Waals surface area (Å²) in [5.41, 5.74) is 3.35. The molecule has 0 saturated carbocycles. The van der Waals surface area contributed by atoms with Crippen molar-refractivity contribution in [2.24, 2.45) is 9.98 Å². The zero-order chi connectivity index (χ0) is 16.5. The van der Waals surface area contributed by atoms with Gasteiger partial charge >= 0.3 is 0 Å². The van der Waals surface area contributed by atoms with Crippen LogP contribution in [0, 0.1) is 0 Å². The van der Waals surface area contributed by atoms with E-state index in [0.29, 0.717) is 18.1 Å². The summed E-state index contributed by atoms with van der Waals surface area (Å²) in [6, 6.07) is 1.90. The number of hydrogen-bond acceptors (Lipinski definition) is 3. The van der Waals surface area contributed by atoms with Crippen molar-refractivity contribution in [1.29, 1.82) is 0 Å². The first-order chi connectivity index (χ1) is 10.5. The normalized spacial score (nSPS) is 12.7. The molecule has 3 heteroatoms. The van der Waals surface area contributed by atoms with Crippen LogP contribution < -0.4 is 0 Å². The summed E-state index contributed by atoms with van der Waals surface area (Å²) in [5, 5.41) is 0. The molecule has 0 N–H and O–H groups in total. The quantitative estimate of drug-likeness (QED) is 0.459. The van der Waals surface area contributed by atoms with Gasteiger partial charge in [0.25, 0.3) is 0 Å². The first-order valence-corrected chi connectivity index (χ1v) is 7.26. The highest BCUT2D eigenvalue weighted by Crippen LogP contribution is 2.30. The second-order valence-corrected chi connectivity index (χ2v) is 4.96. The monoisotopic (exact) mass is 296 g/mol. The van der Waals surface area contributed by atoms with Crippen molar-refractivity contribution in [1.82, 2.24) is 0 Å². The van der Waals surface area contributed by atoms with Crippen LogP contribution in [0.5, 0.6) is 0 Å². The molecule has 22 heavy (non-hydrogen) atoms. The van der Waals surface area contributed by atoms with Crippen LogP contribution in [0.25, 0.3) is 5.57 Å². The lowest BCUT2D eigenvalue weighted by Crippen LogP contribution is -1.95. The van der Waals surface area contributed by atoms with E-state index in [9.17, 15) is 0 Å². The molecule has 0 spiro atoms. The Balaban J connectivity index is 3.33. The van der Waals surface area contributed by atoms with E-state index in [1.807, 2.05) is 45.1 Å². The van der Waals surface area contributed by atoms with Crippen molar-refractivity contribution in [3.05, 3.63) is 61.6 Å². The van der Waals surface area contributed by atoms with Gasteiger partial charge in [0.15, 0.2) is 11.5 Å². The van der Waals surface area contributed by atoms with Crippen molar-refractivity contribution in [3.63, 3.8) is 0 Å². The minimum absolute atomic E-state index is 0.539. The van der Waals surface area contributed by atoms with Gasteiger partial charge in [0.05, 0.1) is 6.54 Å². The average Bonchev–Trinajstić information content (AvgIpc) is 2.87. The van der Waals surface area contributed by atoms with Crippen LogP contribution in [0.15, 0.2) is 64.5 Å². The smallest absolute Gasteiger partial charge is 0.155 e. The Hall–Kier alpha value is -2.42. The molecule has 116 valence electrons. The fourth-order valence-corrected chi connectivity index (χ4v) is 1.89. The first kappa shape index (κ1) is 17.6. The minimum atomic E-state index is 0.539. The minimum Gasteiger partial charge on any atom is -0.452 e. The Kier molecular flexibility index (Phi) is 7.03. The van der Waals surface area contributed by atoms with Crippen LogP contribution in [-0.2, 0) is 0 Å². The van der Waals surface area contributed by atoms with E-state index < -0.39 is 0 Å². The number of aliphatic imine (C=N–C) groups is 2. The SMILES string of the molecule is C=CC/N=C(\C=C/C)c1cc(/N=C(/C)CC=C)c(C(=C)C)o1. The zero-order valence-corrected chi connectivity index (χ0v) is 13.7. The second-order valence-electron chi connectivity index (χ2n) is 4.96. The summed E-state index contributed by atoms with van der Waals surface area (Å²) in [5.74, 6) is 1.37. The Morgan fingerprint density at radius 1 is 1.27 bits per heavy atom. The first-order valence-electron chi connectivity index (χ1n) is 7.26. The molecule has 1 aromatic heterocycles. The van der Waals surface area contributed by atoms with E-state index in [-0.39, 0.29) is 0 Å². The van der Waals surface area contributed by atoms with E-state index >= 15 is 0 Å². The highest BCUT2D eigenvalue weighted by Gasteiger charge is 2.14. The Morgan fingerprint density at radius 3 is 2.55 bits per heavy atom. The van der Waals surface area contributed by atoms with Gasteiger partial charge in [0, 0.05) is 18.2 Å². The van der Waals surface area contributed by atoms with Gasteiger partial charge in [-0.25, -0.2) is 0 Å². The maximum atomic E-state index is 5.92. The molecule has 0 radical (unpaired) electrons. The van der Waals surface area contributed by atoms with Crippen molar-refractivity contribution in [2.75, 3.05) is 6.54 Å². The predicted octanol–water partition coefficient (Wildman–Crippen LogP) is 5.53. The van der Waals surface area contributed by atoms with Crippen LogP contribution in [0.4, 0.5) is 5.69 Å². The highest BCUT2D eigenvalue weighted by atomic mass is 16.3. The van der Waals surface area contributed by atoms with E-state index in [0.717, 1.165) is 29.1 Å². The fourth-order valence-electron chi connectivity index (χ4n) is 1.89. The van der Waals surface area contributed by atoms with Gasteiger partial charge in [0.2, 0.25) is 0 Å². The summed E-state index contributed by atoms with van der Waals surface area (Å²) >= 11 is 0. The lowest BCUT2D eigenvalue weighted by molar-refractivity contribution is 0.545. The molecule has 0 aliphatic carbocycles. The molecule has 0 bridgehead atoms. The average molecular weight is 296 g/mol. The van der Waals surface area contributed by atoms with Crippen LogP contribution in [0.1, 0.15) is 38.7 Å². The summed E-state index contributed by atoms with van der Waals surface area (Å²) in [4.78, 5) is 9.06. The predicted molar refractivity (Wildman–Crippen MR) is 97.4 cm³/mol. The number of allylic oxidation sites excluding steroid dienone is 4. The molecule has 0 aliphatic heterocycles. The molecule has 1 aromatic rings. The third-order valence-corrected chi connectivity index (χ3v) is 2.82. The largest absolute Gasteiger partial charge is 0.452 e. The number of nitrogens with zero attached hydrogens (tertiary/aromatic N) is 2. The molecule has 0 amide bonds. The maximum absolute atomic E-state index is 5.92. The van der Waals surface area contributed by atoms with Crippen LogP contribution in [0.2, 0.25) is 0 Å². The van der Waals surface area contributed by atoms with Crippen LogP contribution in [0.3, 0.4) is 0 Å². The summed E-state index contributed by atoms with van der Waals surface area (Å²) in [6.45, 7) is 17.7. The van der Waals surface area contributed by atoms with E-state index in [4.69, 9.17) is 4.42 Å². The molecule has 1 heterocycles. The van der Waals surface area contributed by atoms with Gasteiger partial charge in [-0.2, -0.15) is 0 Å². The number of rotatable bonds is 8. The molecular formula is C19H24N2O. The Labute approximate surface area is 133 Å². The molecule has 0 saturated heterocycles. The van der Waals surface area contributed by atoms with Gasteiger partial charge in [-0.3, -0.25) is 9.98 Å². The molecule has 0 atom stereocenters. The van der Waals surface area contributed by atoms with Gasteiger partial charge in [-0.1, -0.05) is 24.8 Å². The Bertz CT molecular complexity index is 642. The molecule has 1 rings (SSSR count). The van der Waals surface area contributed by atoms with Gasteiger partial charge in [-0.05, 0) is 32.4 Å². The van der Waals surface area contributed by atoms with Crippen molar-refractivity contribution in [3.8, 4) is 0 Å². The zero-order valence-electron chi connectivity index (χ0n) is 13.7. The molecular weight excluding hydrogens is 272 g/mol. The third-order valence-electron chi connectivity index (χ3n) is 2.82.